The van der Waals surface area contributed by atoms with Crippen LogP contribution in [0.15, 0.2) is 66.7 Å². The minimum Gasteiger partial charge on any atom is -0.489 e. The van der Waals surface area contributed by atoms with Gasteiger partial charge in [0.1, 0.15) is 12.4 Å². The Morgan fingerprint density at radius 2 is 1.50 bits per heavy atom. The third kappa shape index (κ3) is 4.10. The molecular formula is C28H31NO3. The molecule has 1 aliphatic rings. The Hall–Kier alpha value is -3.27. The van der Waals surface area contributed by atoms with Gasteiger partial charge in [0.2, 0.25) is 0 Å². The van der Waals surface area contributed by atoms with Gasteiger partial charge in [-0.05, 0) is 40.2 Å². The summed E-state index contributed by atoms with van der Waals surface area (Å²) < 4.78 is 6.11. The van der Waals surface area contributed by atoms with E-state index >= 15 is 0 Å². The summed E-state index contributed by atoms with van der Waals surface area (Å²) in [5.74, 6) is 1.12. The summed E-state index contributed by atoms with van der Waals surface area (Å²) in [4.78, 5) is 14.3. The fraction of sp³-hybridized carbons (Fsp3) is 0.321. The van der Waals surface area contributed by atoms with E-state index in [0.717, 1.165) is 39.3 Å². The second kappa shape index (κ2) is 9.07. The second-order valence-electron chi connectivity index (χ2n) is 9.07. The van der Waals surface area contributed by atoms with Gasteiger partial charge in [0.25, 0.3) is 0 Å². The highest BCUT2D eigenvalue weighted by Crippen LogP contribution is 2.41. The molecule has 4 heteroatoms. The van der Waals surface area contributed by atoms with E-state index in [-0.39, 0.29) is 17.8 Å². The molecule has 3 aromatic rings. The lowest BCUT2D eigenvalue weighted by molar-refractivity contribution is 0.201. The molecule has 0 spiro atoms. The lowest BCUT2D eigenvalue weighted by Gasteiger charge is -2.31. The predicted octanol–water partition coefficient (Wildman–Crippen LogP) is 7.14. The van der Waals surface area contributed by atoms with E-state index in [4.69, 9.17) is 4.74 Å². The van der Waals surface area contributed by atoms with Gasteiger partial charge >= 0.3 is 6.09 Å². The standard InChI is InChI=1S/C28H31NO3/c1-18(2)21-13-9-14-22(19(3)4)27(21)29(28(30)31)16-25-23-11-6-5-10-20(23)17-32-26-15-8-7-12-24(25)26/h5-15,18-19,25H,16-17H2,1-4H3,(H,30,31). The summed E-state index contributed by atoms with van der Waals surface area (Å²) in [6, 6.07) is 22.3. The summed E-state index contributed by atoms with van der Waals surface area (Å²) in [7, 11) is 0. The highest BCUT2D eigenvalue weighted by molar-refractivity contribution is 5.89. The topological polar surface area (TPSA) is 49.8 Å². The molecule has 0 aromatic heterocycles. The highest BCUT2D eigenvalue weighted by atomic mass is 16.5. The number of benzene rings is 3. The molecule has 4 rings (SSSR count). The predicted molar refractivity (Wildman–Crippen MR) is 129 cm³/mol. The Labute approximate surface area is 190 Å². The first-order valence-electron chi connectivity index (χ1n) is 11.3. The first kappa shape index (κ1) is 21.9. The second-order valence-corrected chi connectivity index (χ2v) is 9.07. The van der Waals surface area contributed by atoms with Gasteiger partial charge in [-0.25, -0.2) is 4.79 Å². The van der Waals surface area contributed by atoms with Crippen molar-refractivity contribution in [3.8, 4) is 5.75 Å². The molecule has 1 atom stereocenters. The van der Waals surface area contributed by atoms with Crippen LogP contribution in [0.4, 0.5) is 10.5 Å². The molecule has 0 fully saturated rings. The third-order valence-corrected chi connectivity index (χ3v) is 6.32. The number of carbonyl (C=O) groups is 1. The van der Waals surface area contributed by atoms with E-state index in [1.54, 1.807) is 4.90 Å². The first-order valence-corrected chi connectivity index (χ1v) is 11.3. The van der Waals surface area contributed by atoms with Gasteiger partial charge in [-0.3, -0.25) is 4.90 Å². The Bertz CT molecular complexity index is 1050. The average Bonchev–Trinajstić information content (AvgIpc) is 2.93. The maximum Gasteiger partial charge on any atom is 0.411 e. The van der Waals surface area contributed by atoms with Crippen LogP contribution in [0.5, 0.6) is 5.75 Å². The maximum absolute atomic E-state index is 12.7. The minimum atomic E-state index is -0.930. The van der Waals surface area contributed by atoms with Gasteiger partial charge in [-0.1, -0.05) is 88.4 Å². The number of nitrogens with zero attached hydrogens (tertiary/aromatic N) is 1. The first-order chi connectivity index (χ1) is 15.4. The van der Waals surface area contributed by atoms with Crippen molar-refractivity contribution >= 4 is 11.8 Å². The number of anilines is 1. The number of rotatable bonds is 5. The van der Waals surface area contributed by atoms with Gasteiger partial charge < -0.3 is 9.84 Å². The third-order valence-electron chi connectivity index (χ3n) is 6.32. The molecule has 1 N–H and O–H groups in total. The van der Waals surface area contributed by atoms with Crippen LogP contribution in [0.2, 0.25) is 0 Å². The molecule has 4 nitrogen and oxygen atoms in total. The molecule has 1 aliphatic heterocycles. The molecule has 1 amide bonds. The normalized spacial score (nSPS) is 15.0. The molecular weight excluding hydrogens is 398 g/mol. The maximum atomic E-state index is 12.7. The van der Waals surface area contributed by atoms with Crippen LogP contribution in [0, 0.1) is 0 Å². The van der Waals surface area contributed by atoms with Gasteiger partial charge in [0, 0.05) is 18.0 Å². The Kier molecular flexibility index (Phi) is 6.22. The van der Waals surface area contributed by atoms with Gasteiger partial charge in [-0.15, -0.1) is 0 Å². The van der Waals surface area contributed by atoms with Gasteiger partial charge in [0.05, 0.1) is 5.69 Å². The number of hydrogen-bond acceptors (Lipinski definition) is 2. The highest BCUT2D eigenvalue weighted by Gasteiger charge is 2.31. The molecule has 32 heavy (non-hydrogen) atoms. The lowest BCUT2D eigenvalue weighted by Crippen LogP contribution is -2.35. The summed E-state index contributed by atoms with van der Waals surface area (Å²) >= 11 is 0. The molecule has 0 aliphatic carbocycles. The van der Waals surface area contributed by atoms with Crippen molar-refractivity contribution in [1.82, 2.24) is 0 Å². The van der Waals surface area contributed by atoms with E-state index < -0.39 is 6.09 Å². The Morgan fingerprint density at radius 1 is 0.906 bits per heavy atom. The van der Waals surface area contributed by atoms with Crippen LogP contribution < -0.4 is 9.64 Å². The Morgan fingerprint density at radius 3 is 2.12 bits per heavy atom. The quantitative estimate of drug-likeness (QED) is 0.469. The summed E-state index contributed by atoms with van der Waals surface area (Å²) in [5, 5.41) is 10.4. The average molecular weight is 430 g/mol. The number of ether oxygens (including phenoxy) is 1. The Balaban J connectivity index is 1.89. The van der Waals surface area contributed by atoms with Crippen molar-refractivity contribution in [1.29, 1.82) is 0 Å². The van der Waals surface area contributed by atoms with Crippen molar-refractivity contribution < 1.29 is 14.6 Å². The molecule has 1 heterocycles. The molecule has 0 bridgehead atoms. The van der Waals surface area contributed by atoms with Crippen molar-refractivity contribution in [2.75, 3.05) is 11.4 Å². The summed E-state index contributed by atoms with van der Waals surface area (Å²) in [6.45, 7) is 9.28. The van der Waals surface area contributed by atoms with E-state index in [9.17, 15) is 9.90 Å². The smallest absolute Gasteiger partial charge is 0.411 e. The number of para-hydroxylation sites is 2. The van der Waals surface area contributed by atoms with Crippen LogP contribution in [0.3, 0.4) is 0 Å². The number of hydrogen-bond donors (Lipinski definition) is 1. The van der Waals surface area contributed by atoms with Crippen molar-refractivity contribution in [3.05, 3.63) is 94.5 Å². The largest absolute Gasteiger partial charge is 0.489 e. The van der Waals surface area contributed by atoms with E-state index in [2.05, 4.69) is 58.0 Å². The van der Waals surface area contributed by atoms with Crippen molar-refractivity contribution in [3.63, 3.8) is 0 Å². The fourth-order valence-electron chi connectivity index (χ4n) is 4.70. The molecule has 0 saturated carbocycles. The minimum absolute atomic E-state index is 0.124. The molecule has 166 valence electrons. The van der Waals surface area contributed by atoms with Crippen LogP contribution in [0.1, 0.15) is 73.3 Å². The van der Waals surface area contributed by atoms with E-state index in [0.29, 0.717) is 13.2 Å². The summed E-state index contributed by atoms with van der Waals surface area (Å²) in [5.41, 5.74) is 6.19. The molecule has 1 unspecified atom stereocenters. The van der Waals surface area contributed by atoms with Gasteiger partial charge in [0.15, 0.2) is 0 Å². The number of fused-ring (bicyclic) bond motifs is 2. The fourth-order valence-corrected chi connectivity index (χ4v) is 4.70. The van der Waals surface area contributed by atoms with Crippen LogP contribution >= 0.6 is 0 Å². The summed E-state index contributed by atoms with van der Waals surface area (Å²) in [6.07, 6.45) is -0.930. The van der Waals surface area contributed by atoms with Crippen molar-refractivity contribution in [2.45, 2.75) is 52.1 Å². The number of amides is 1. The monoisotopic (exact) mass is 429 g/mol. The molecule has 0 radical (unpaired) electrons. The number of carboxylic acid groups (broad SMARTS) is 1. The van der Waals surface area contributed by atoms with E-state index in [1.807, 2.05) is 36.4 Å². The molecule has 0 saturated heterocycles. The van der Waals surface area contributed by atoms with E-state index in [1.165, 1.54) is 0 Å². The zero-order chi connectivity index (χ0) is 22.8. The van der Waals surface area contributed by atoms with Crippen LogP contribution in [-0.4, -0.2) is 17.7 Å². The lowest BCUT2D eigenvalue weighted by atomic mass is 9.86. The molecule has 3 aromatic carbocycles. The van der Waals surface area contributed by atoms with Crippen LogP contribution in [-0.2, 0) is 6.61 Å². The SMILES string of the molecule is CC(C)c1cccc(C(C)C)c1N(CC1c2ccccc2COc2ccccc21)C(=O)O. The van der Waals surface area contributed by atoms with Crippen molar-refractivity contribution in [2.24, 2.45) is 0 Å². The zero-order valence-corrected chi connectivity index (χ0v) is 19.2. The zero-order valence-electron chi connectivity index (χ0n) is 19.2. The van der Waals surface area contributed by atoms with Crippen LogP contribution in [0.25, 0.3) is 0 Å². The van der Waals surface area contributed by atoms with Gasteiger partial charge in [-0.2, -0.15) is 0 Å².